The van der Waals surface area contributed by atoms with Crippen LogP contribution in [0.25, 0.3) is 0 Å². The number of hydrogen-bond acceptors (Lipinski definition) is 7. The van der Waals surface area contributed by atoms with Crippen LogP contribution in [0.15, 0.2) is 30.3 Å². The van der Waals surface area contributed by atoms with E-state index in [1.54, 1.807) is 4.90 Å². The number of nitrogens with zero attached hydrogens (tertiary/aromatic N) is 3. The van der Waals surface area contributed by atoms with Gasteiger partial charge in [0.1, 0.15) is 5.60 Å². The van der Waals surface area contributed by atoms with Gasteiger partial charge in [-0.05, 0) is 52.0 Å². The van der Waals surface area contributed by atoms with Gasteiger partial charge in [-0.15, -0.1) is 5.06 Å². The number of hydrogen-bond donors (Lipinski definition) is 1. The van der Waals surface area contributed by atoms with Gasteiger partial charge in [0.05, 0.1) is 12.6 Å². The molecule has 1 aromatic rings. The smallest absolute Gasteiger partial charge is 0.410 e. The van der Waals surface area contributed by atoms with Crippen molar-refractivity contribution in [2.75, 3.05) is 19.6 Å². The molecule has 0 radical (unpaired) electrons. The van der Waals surface area contributed by atoms with E-state index in [0.29, 0.717) is 26.2 Å². The third-order valence-electron chi connectivity index (χ3n) is 6.86. The monoisotopic (exact) mass is 458 g/mol. The number of carbonyl (C=O) groups is 2. The standard InChI is InChI=1S/C24H34N4O5/c1-23(2,3)33-22(30)26-13-10-18(11-14-26)25-20(29)19-9-12-24-16-27(19)21(32-24)28(24)31-15-17-7-5-4-6-8-17/h4-8,18-19,21H,9-16H2,1-3H3,(H,25,29)/t19-,21?,24+/m0/s1. The zero-order valence-electron chi connectivity index (χ0n) is 19.7. The van der Waals surface area contributed by atoms with Crippen LogP contribution < -0.4 is 5.32 Å². The molecule has 5 aliphatic rings. The maximum Gasteiger partial charge on any atom is 0.410 e. The van der Waals surface area contributed by atoms with Crippen LogP contribution in [0.1, 0.15) is 52.0 Å². The van der Waals surface area contributed by atoms with Gasteiger partial charge in [0.25, 0.3) is 0 Å². The van der Waals surface area contributed by atoms with Crippen molar-refractivity contribution >= 4 is 12.0 Å². The normalized spacial score (nSPS) is 31.7. The third-order valence-corrected chi connectivity index (χ3v) is 6.86. The summed E-state index contributed by atoms with van der Waals surface area (Å²) >= 11 is 0. The average molecular weight is 459 g/mol. The molecular weight excluding hydrogens is 424 g/mol. The van der Waals surface area contributed by atoms with Crippen LogP contribution in [0.2, 0.25) is 0 Å². The van der Waals surface area contributed by atoms with Crippen molar-refractivity contribution in [2.45, 2.75) is 82.8 Å². The fourth-order valence-electron chi connectivity index (χ4n) is 5.17. The lowest BCUT2D eigenvalue weighted by atomic mass is 9.96. The highest BCUT2D eigenvalue weighted by molar-refractivity contribution is 5.82. The number of likely N-dealkylation sites (tertiary alicyclic amines) is 1. The lowest BCUT2D eigenvalue weighted by molar-refractivity contribution is -0.450. The minimum Gasteiger partial charge on any atom is -0.444 e. The first-order chi connectivity index (χ1) is 15.7. The number of carbonyl (C=O) groups excluding carboxylic acids is 2. The molecule has 9 nitrogen and oxygen atoms in total. The number of benzene rings is 1. The summed E-state index contributed by atoms with van der Waals surface area (Å²) in [5.74, 6) is 0.0414. The predicted molar refractivity (Wildman–Crippen MR) is 119 cm³/mol. The van der Waals surface area contributed by atoms with Gasteiger partial charge in [-0.1, -0.05) is 30.3 Å². The summed E-state index contributed by atoms with van der Waals surface area (Å²) < 4.78 is 11.6. The Morgan fingerprint density at radius 1 is 1.15 bits per heavy atom. The Labute approximate surface area is 194 Å². The lowest BCUT2D eigenvalue weighted by Crippen LogP contribution is -2.62. The van der Waals surface area contributed by atoms with Gasteiger partial charge in [-0.2, -0.15) is 0 Å². The van der Waals surface area contributed by atoms with E-state index in [1.807, 2.05) is 56.2 Å². The van der Waals surface area contributed by atoms with Crippen LogP contribution in [-0.2, 0) is 25.7 Å². The van der Waals surface area contributed by atoms with E-state index >= 15 is 0 Å². The number of hydroxylamine groups is 2. The Bertz CT molecular complexity index is 883. The van der Waals surface area contributed by atoms with Crippen molar-refractivity contribution in [2.24, 2.45) is 0 Å². The number of amides is 2. The van der Waals surface area contributed by atoms with Gasteiger partial charge in [0, 0.05) is 25.7 Å². The summed E-state index contributed by atoms with van der Waals surface area (Å²) in [6.07, 6.45) is 2.38. The van der Waals surface area contributed by atoms with Crippen LogP contribution in [0.4, 0.5) is 4.79 Å². The number of nitrogens with one attached hydrogen (secondary N) is 1. The Kier molecular flexibility index (Phi) is 5.84. The Hall–Kier alpha value is -2.20. The molecule has 1 aromatic carbocycles. The molecule has 2 unspecified atom stereocenters. The maximum absolute atomic E-state index is 13.1. The van der Waals surface area contributed by atoms with Crippen LogP contribution in [0, 0.1) is 0 Å². The zero-order valence-corrected chi connectivity index (χ0v) is 19.7. The maximum atomic E-state index is 13.1. The van der Waals surface area contributed by atoms with Crippen LogP contribution in [-0.4, -0.2) is 76.3 Å². The molecule has 180 valence electrons. The quantitative estimate of drug-likeness (QED) is 0.726. The van der Waals surface area contributed by atoms with E-state index in [2.05, 4.69) is 10.2 Å². The summed E-state index contributed by atoms with van der Waals surface area (Å²) in [5.41, 5.74) is 0.184. The highest BCUT2D eigenvalue weighted by Gasteiger charge is 2.69. The van der Waals surface area contributed by atoms with Crippen molar-refractivity contribution in [3.05, 3.63) is 35.9 Å². The Morgan fingerprint density at radius 2 is 1.88 bits per heavy atom. The number of rotatable bonds is 5. The third kappa shape index (κ3) is 4.47. The molecule has 6 rings (SSSR count). The van der Waals surface area contributed by atoms with Crippen molar-refractivity contribution in [3.63, 3.8) is 0 Å². The summed E-state index contributed by atoms with van der Waals surface area (Å²) in [5, 5.41) is 5.15. The molecule has 5 saturated heterocycles. The summed E-state index contributed by atoms with van der Waals surface area (Å²) in [6, 6.07) is 9.91. The van der Waals surface area contributed by atoms with E-state index in [9.17, 15) is 9.59 Å². The Morgan fingerprint density at radius 3 is 2.58 bits per heavy atom. The molecular formula is C24H34N4O5. The largest absolute Gasteiger partial charge is 0.444 e. The number of ether oxygens (including phenoxy) is 2. The van der Waals surface area contributed by atoms with E-state index in [4.69, 9.17) is 14.3 Å². The van der Waals surface area contributed by atoms with Gasteiger partial charge in [-0.25, -0.2) is 9.69 Å². The molecule has 4 atom stereocenters. The Balaban J connectivity index is 1.11. The highest BCUT2D eigenvalue weighted by Crippen LogP contribution is 2.51. The second-order valence-electron chi connectivity index (χ2n) is 10.5. The first-order valence-electron chi connectivity index (χ1n) is 11.9. The van der Waals surface area contributed by atoms with Gasteiger partial charge < -0.3 is 19.7 Å². The molecule has 0 aliphatic carbocycles. The summed E-state index contributed by atoms with van der Waals surface area (Å²) in [6.45, 7) is 7.95. The molecule has 1 N–H and O–H groups in total. The highest BCUT2D eigenvalue weighted by atomic mass is 16.8. The second kappa shape index (κ2) is 8.54. The molecule has 0 aromatic heterocycles. The lowest BCUT2D eigenvalue weighted by Gasteiger charge is -2.46. The van der Waals surface area contributed by atoms with Crippen molar-refractivity contribution in [1.82, 2.24) is 20.2 Å². The molecule has 5 aliphatic heterocycles. The van der Waals surface area contributed by atoms with Crippen molar-refractivity contribution in [1.29, 1.82) is 0 Å². The molecule has 1 spiro atoms. The topological polar surface area (TPSA) is 83.6 Å². The fraction of sp³-hybridized carbons (Fsp3) is 0.667. The molecule has 5 heterocycles. The van der Waals surface area contributed by atoms with Crippen molar-refractivity contribution < 1.29 is 23.9 Å². The van der Waals surface area contributed by atoms with Crippen LogP contribution in [0.5, 0.6) is 0 Å². The summed E-state index contributed by atoms with van der Waals surface area (Å²) in [4.78, 5) is 35.3. The van der Waals surface area contributed by atoms with E-state index in [1.165, 1.54) is 0 Å². The first kappa shape index (κ1) is 22.6. The van der Waals surface area contributed by atoms with Gasteiger partial charge >= 0.3 is 6.09 Å². The van der Waals surface area contributed by atoms with Crippen LogP contribution in [0.3, 0.4) is 0 Å². The molecule has 2 amide bonds. The molecule has 3 bridgehead atoms. The summed E-state index contributed by atoms with van der Waals surface area (Å²) in [7, 11) is 0. The molecule has 0 saturated carbocycles. The van der Waals surface area contributed by atoms with Gasteiger partial charge in [0.15, 0.2) is 12.1 Å². The van der Waals surface area contributed by atoms with Crippen molar-refractivity contribution in [3.8, 4) is 0 Å². The zero-order chi connectivity index (χ0) is 23.2. The first-order valence-corrected chi connectivity index (χ1v) is 11.9. The van der Waals surface area contributed by atoms with Crippen LogP contribution >= 0.6 is 0 Å². The van der Waals surface area contributed by atoms with Gasteiger partial charge in [0.2, 0.25) is 5.91 Å². The minimum absolute atomic E-state index is 0.0414. The predicted octanol–water partition coefficient (Wildman–Crippen LogP) is 2.42. The molecule has 9 heteroatoms. The fourth-order valence-corrected chi connectivity index (χ4v) is 5.17. The molecule has 33 heavy (non-hydrogen) atoms. The second-order valence-corrected chi connectivity index (χ2v) is 10.5. The average Bonchev–Trinajstić information content (AvgIpc) is 3.19. The molecule has 5 fully saturated rings. The van der Waals surface area contributed by atoms with E-state index in [-0.39, 0.29) is 30.4 Å². The SMILES string of the molecule is CC(C)(C)OC(=O)N1CCC(NC(=O)[C@@H]2CC[C@]34CN2C(O3)N4OCc2ccccc2)CC1. The van der Waals surface area contributed by atoms with Gasteiger partial charge in [-0.3, -0.25) is 9.63 Å². The van der Waals surface area contributed by atoms with E-state index < -0.39 is 11.3 Å². The number of piperidine rings is 2. The van der Waals surface area contributed by atoms with E-state index in [0.717, 1.165) is 31.2 Å². The minimum atomic E-state index is -0.502.